The highest BCUT2D eigenvalue weighted by atomic mass is 79.9. The van der Waals surface area contributed by atoms with Crippen molar-refractivity contribution in [1.82, 2.24) is 0 Å². The second-order valence-electron chi connectivity index (χ2n) is 2.93. The smallest absolute Gasteiger partial charge is 0.307 e. The zero-order valence-corrected chi connectivity index (χ0v) is 10.8. The molecule has 0 spiro atoms. The lowest BCUT2D eigenvalue weighted by molar-refractivity contribution is -0.136. The van der Waals surface area contributed by atoms with E-state index >= 15 is 0 Å². The van der Waals surface area contributed by atoms with E-state index in [1.54, 1.807) is 18.2 Å². The van der Waals surface area contributed by atoms with E-state index in [0.29, 0.717) is 15.6 Å². The Hall–Kier alpha value is -0.680. The van der Waals surface area contributed by atoms with Crippen LogP contribution in [0.25, 0.3) is 0 Å². The third kappa shape index (κ3) is 3.43. The van der Waals surface area contributed by atoms with Gasteiger partial charge in [-0.25, -0.2) is 0 Å². The van der Waals surface area contributed by atoms with Gasteiger partial charge in [0.05, 0.1) is 11.8 Å². The quantitative estimate of drug-likeness (QED) is 0.679. The Morgan fingerprint density at radius 1 is 1.33 bits per heavy atom. The molecule has 0 saturated heterocycles. The number of carbonyl (C=O) groups is 2. The predicted molar refractivity (Wildman–Crippen MR) is 63.6 cm³/mol. The van der Waals surface area contributed by atoms with Gasteiger partial charge >= 0.3 is 5.97 Å². The predicted octanol–water partition coefficient (Wildman–Crippen LogP) is 2.65. The number of Topliss-reactive ketones (excluding diaryl/α,β-unsaturated/α-hetero) is 1. The van der Waals surface area contributed by atoms with Gasteiger partial charge in [0.1, 0.15) is 0 Å². The van der Waals surface area contributed by atoms with E-state index < -0.39 is 5.97 Å². The van der Waals surface area contributed by atoms with Gasteiger partial charge in [-0.3, -0.25) is 9.59 Å². The van der Waals surface area contributed by atoms with E-state index in [1.807, 2.05) is 0 Å². The molecule has 1 rings (SSSR count). The Kier molecular flexibility index (Phi) is 4.47. The molecular weight excluding hydrogens is 328 g/mol. The van der Waals surface area contributed by atoms with Gasteiger partial charge in [0.15, 0.2) is 5.78 Å². The highest BCUT2D eigenvalue weighted by Gasteiger charge is 2.09. The van der Waals surface area contributed by atoms with Crippen LogP contribution < -0.4 is 0 Å². The molecule has 80 valence electrons. The van der Waals surface area contributed by atoms with Gasteiger partial charge in [0.2, 0.25) is 0 Å². The van der Waals surface area contributed by atoms with Gasteiger partial charge in [-0.15, -0.1) is 0 Å². The molecule has 3 nitrogen and oxygen atoms in total. The lowest BCUT2D eigenvalue weighted by Gasteiger charge is -2.03. The second kappa shape index (κ2) is 5.42. The lowest BCUT2D eigenvalue weighted by Crippen LogP contribution is -2.04. The van der Waals surface area contributed by atoms with Crippen LogP contribution in [-0.4, -0.2) is 22.2 Å². The van der Waals surface area contributed by atoms with Crippen LogP contribution in [-0.2, 0) is 11.2 Å². The van der Waals surface area contributed by atoms with Gasteiger partial charge in [-0.2, -0.15) is 0 Å². The topological polar surface area (TPSA) is 54.4 Å². The zero-order valence-electron chi connectivity index (χ0n) is 7.67. The third-order valence-electron chi connectivity index (χ3n) is 1.84. The Morgan fingerprint density at radius 3 is 2.47 bits per heavy atom. The van der Waals surface area contributed by atoms with Gasteiger partial charge in [0.25, 0.3) is 0 Å². The molecule has 0 aliphatic rings. The Bertz CT molecular complexity index is 402. The molecular formula is C10H8Br2O3. The maximum atomic E-state index is 11.3. The molecule has 0 radical (unpaired) electrons. The number of carbonyl (C=O) groups excluding carboxylic acids is 1. The minimum Gasteiger partial charge on any atom is -0.481 e. The lowest BCUT2D eigenvalue weighted by atomic mass is 10.1. The molecule has 1 aromatic rings. The first-order valence-electron chi connectivity index (χ1n) is 4.14. The van der Waals surface area contributed by atoms with Crippen LogP contribution in [0.1, 0.15) is 15.9 Å². The van der Waals surface area contributed by atoms with Crippen molar-refractivity contribution in [3.05, 3.63) is 33.8 Å². The minimum absolute atomic E-state index is 0.0300. The Morgan fingerprint density at radius 2 is 2.00 bits per heavy atom. The van der Waals surface area contributed by atoms with Crippen molar-refractivity contribution in [3.8, 4) is 0 Å². The van der Waals surface area contributed by atoms with Crippen molar-refractivity contribution in [2.24, 2.45) is 0 Å². The molecule has 1 N–H and O–H groups in total. The highest BCUT2D eigenvalue weighted by molar-refractivity contribution is 9.10. The normalized spacial score (nSPS) is 10.0. The largest absolute Gasteiger partial charge is 0.481 e. The van der Waals surface area contributed by atoms with E-state index in [9.17, 15) is 9.59 Å². The molecule has 0 aliphatic carbocycles. The number of carboxylic acid groups (broad SMARTS) is 1. The molecule has 0 heterocycles. The SMILES string of the molecule is O=C(O)Cc1ccc(C(=O)CBr)cc1Br. The van der Waals surface area contributed by atoms with Crippen molar-refractivity contribution in [3.63, 3.8) is 0 Å². The first-order valence-corrected chi connectivity index (χ1v) is 6.05. The molecule has 15 heavy (non-hydrogen) atoms. The first-order chi connectivity index (χ1) is 7.04. The van der Waals surface area contributed by atoms with Crippen LogP contribution in [0.3, 0.4) is 0 Å². The van der Waals surface area contributed by atoms with Crippen molar-refractivity contribution >= 4 is 43.6 Å². The van der Waals surface area contributed by atoms with Crippen LogP contribution in [0.4, 0.5) is 0 Å². The average molecular weight is 336 g/mol. The maximum Gasteiger partial charge on any atom is 0.307 e. The number of benzene rings is 1. The third-order valence-corrected chi connectivity index (χ3v) is 3.09. The molecule has 0 aromatic heterocycles. The van der Waals surface area contributed by atoms with Gasteiger partial charge in [-0.1, -0.05) is 44.0 Å². The van der Waals surface area contributed by atoms with Crippen LogP contribution in [0, 0.1) is 0 Å². The van der Waals surface area contributed by atoms with E-state index in [0.717, 1.165) is 0 Å². The standard InChI is InChI=1S/C10H8Br2O3/c11-5-9(13)7-2-1-6(4-10(14)15)8(12)3-7/h1-3H,4-5H2,(H,14,15). The van der Waals surface area contributed by atoms with Gasteiger partial charge in [-0.05, 0) is 11.6 Å². The summed E-state index contributed by atoms with van der Waals surface area (Å²) in [5.74, 6) is -0.923. The number of aliphatic carboxylic acids is 1. The monoisotopic (exact) mass is 334 g/mol. The fourth-order valence-corrected chi connectivity index (χ4v) is 1.95. The fraction of sp³-hybridized carbons (Fsp3) is 0.200. The zero-order chi connectivity index (χ0) is 11.4. The van der Waals surface area contributed by atoms with Crippen molar-refractivity contribution in [2.45, 2.75) is 6.42 Å². The summed E-state index contributed by atoms with van der Waals surface area (Å²) in [5, 5.41) is 8.88. The highest BCUT2D eigenvalue weighted by Crippen LogP contribution is 2.20. The molecule has 0 fully saturated rings. The van der Waals surface area contributed by atoms with E-state index in [4.69, 9.17) is 5.11 Å². The summed E-state index contributed by atoms with van der Waals surface area (Å²) in [6.07, 6.45) is -0.0522. The van der Waals surface area contributed by atoms with Crippen molar-refractivity contribution < 1.29 is 14.7 Å². The van der Waals surface area contributed by atoms with Gasteiger partial charge in [0, 0.05) is 10.0 Å². The van der Waals surface area contributed by atoms with Crippen molar-refractivity contribution in [1.29, 1.82) is 0 Å². The molecule has 0 bridgehead atoms. The van der Waals surface area contributed by atoms with Crippen LogP contribution in [0.2, 0.25) is 0 Å². The summed E-state index contributed by atoms with van der Waals surface area (Å²) in [6.45, 7) is 0. The van der Waals surface area contributed by atoms with E-state index in [-0.39, 0.29) is 17.5 Å². The molecule has 0 unspecified atom stereocenters. The van der Waals surface area contributed by atoms with Crippen LogP contribution in [0.5, 0.6) is 0 Å². The average Bonchev–Trinajstić information content (AvgIpc) is 2.19. The minimum atomic E-state index is -0.893. The van der Waals surface area contributed by atoms with E-state index in [2.05, 4.69) is 31.9 Å². The summed E-state index contributed by atoms with van der Waals surface area (Å²) in [7, 11) is 0. The van der Waals surface area contributed by atoms with E-state index in [1.165, 1.54) is 0 Å². The summed E-state index contributed by atoms with van der Waals surface area (Å²) in [5.41, 5.74) is 1.22. The fourth-order valence-electron chi connectivity index (χ4n) is 1.10. The molecule has 5 heteroatoms. The number of rotatable bonds is 4. The number of ketones is 1. The molecule has 1 aromatic carbocycles. The number of hydrogen-bond donors (Lipinski definition) is 1. The molecule has 0 amide bonds. The molecule has 0 saturated carbocycles. The number of halogens is 2. The number of carboxylic acids is 1. The van der Waals surface area contributed by atoms with Crippen LogP contribution >= 0.6 is 31.9 Å². The van der Waals surface area contributed by atoms with Crippen molar-refractivity contribution in [2.75, 3.05) is 5.33 Å². The molecule has 0 aliphatic heterocycles. The summed E-state index contributed by atoms with van der Waals surface area (Å²) in [4.78, 5) is 21.8. The Balaban J connectivity index is 2.97. The maximum absolute atomic E-state index is 11.3. The summed E-state index contributed by atoms with van der Waals surface area (Å²) < 4.78 is 0.650. The number of alkyl halides is 1. The summed E-state index contributed by atoms with van der Waals surface area (Å²) in [6, 6.07) is 4.92. The Labute approximate surface area is 104 Å². The first kappa shape index (κ1) is 12.4. The van der Waals surface area contributed by atoms with Crippen LogP contribution in [0.15, 0.2) is 22.7 Å². The molecule has 0 atom stereocenters. The van der Waals surface area contributed by atoms with Gasteiger partial charge < -0.3 is 5.11 Å². The number of hydrogen-bond acceptors (Lipinski definition) is 2. The second-order valence-corrected chi connectivity index (χ2v) is 4.35. The summed E-state index contributed by atoms with van der Waals surface area (Å²) >= 11 is 6.32.